The molecule has 0 radical (unpaired) electrons. The highest BCUT2D eigenvalue weighted by molar-refractivity contribution is 7.92. The third kappa shape index (κ3) is 7.58. The Labute approximate surface area is 205 Å². The predicted molar refractivity (Wildman–Crippen MR) is 136 cm³/mol. The fourth-order valence-corrected chi connectivity index (χ4v) is 4.59. The summed E-state index contributed by atoms with van der Waals surface area (Å²) in [7, 11) is -3.94. The molecule has 0 saturated heterocycles. The summed E-state index contributed by atoms with van der Waals surface area (Å²) in [5.74, 6) is -0.910. The molecule has 3 aromatic carbocycles. The number of ether oxygens (including phenoxy) is 1. The minimum absolute atomic E-state index is 0.0370. The van der Waals surface area contributed by atoms with Crippen LogP contribution in [0, 0.1) is 0 Å². The molecular formula is C26H29N3O5S. The summed E-state index contributed by atoms with van der Waals surface area (Å²) in [6.07, 6.45) is 0.326. The van der Waals surface area contributed by atoms with E-state index in [9.17, 15) is 18.0 Å². The van der Waals surface area contributed by atoms with E-state index in [1.807, 2.05) is 57.2 Å². The van der Waals surface area contributed by atoms with Crippen molar-refractivity contribution in [2.45, 2.75) is 43.6 Å². The number of sulfonamides is 1. The van der Waals surface area contributed by atoms with Crippen molar-refractivity contribution in [2.24, 2.45) is 5.73 Å². The molecule has 4 N–H and O–H groups in total. The number of esters is 1. The van der Waals surface area contributed by atoms with Crippen LogP contribution in [0.2, 0.25) is 0 Å². The van der Waals surface area contributed by atoms with E-state index in [-0.39, 0.29) is 16.6 Å². The molecule has 2 amide bonds. The largest absolute Gasteiger partial charge is 0.459 e. The van der Waals surface area contributed by atoms with Gasteiger partial charge in [-0.1, -0.05) is 48.5 Å². The molecule has 3 aromatic rings. The van der Waals surface area contributed by atoms with Crippen LogP contribution in [0.4, 0.5) is 16.2 Å². The molecule has 9 heteroatoms. The summed E-state index contributed by atoms with van der Waals surface area (Å²) in [5.41, 5.74) is 6.64. The summed E-state index contributed by atoms with van der Waals surface area (Å²) in [6.45, 7) is 5.45. The van der Waals surface area contributed by atoms with Crippen molar-refractivity contribution in [2.75, 3.05) is 10.0 Å². The maximum Gasteiger partial charge on any atom is 0.316 e. The van der Waals surface area contributed by atoms with Gasteiger partial charge < -0.3 is 15.8 Å². The van der Waals surface area contributed by atoms with Crippen molar-refractivity contribution in [3.05, 3.63) is 90.0 Å². The molecule has 1 atom stereocenters. The number of carbonyl (C=O) groups is 2. The zero-order valence-electron chi connectivity index (χ0n) is 19.8. The molecule has 0 aliphatic rings. The number of nitrogens with two attached hydrogens (primary N) is 1. The molecule has 0 saturated carbocycles. The van der Waals surface area contributed by atoms with Gasteiger partial charge in [0.05, 0.1) is 10.8 Å². The number of hydrogen-bond donors (Lipinski definition) is 3. The van der Waals surface area contributed by atoms with Gasteiger partial charge in [0.15, 0.2) is 0 Å². The second-order valence-electron chi connectivity index (χ2n) is 9.02. The van der Waals surface area contributed by atoms with Crippen LogP contribution in [0.1, 0.15) is 37.8 Å². The first kappa shape index (κ1) is 25.8. The molecule has 184 valence electrons. The molecule has 0 heterocycles. The molecule has 0 aliphatic heterocycles. The number of benzene rings is 3. The molecule has 8 nitrogen and oxygen atoms in total. The third-order valence-corrected chi connectivity index (χ3v) is 6.30. The SMILES string of the molecule is CC(C)(C)OC(=O)C(Cc1cccc(NS(=O)(=O)c2cccc(NC(N)=O)c2)c1)c1ccccc1. The van der Waals surface area contributed by atoms with Crippen LogP contribution in [-0.2, 0) is 26.0 Å². The second-order valence-corrected chi connectivity index (χ2v) is 10.7. The van der Waals surface area contributed by atoms with Gasteiger partial charge in [-0.05, 0) is 68.7 Å². The third-order valence-electron chi connectivity index (χ3n) is 4.92. The first-order valence-electron chi connectivity index (χ1n) is 11.0. The number of carbonyl (C=O) groups excluding carboxylic acids is 2. The van der Waals surface area contributed by atoms with Crippen LogP contribution in [0.25, 0.3) is 0 Å². The summed E-state index contributed by atoms with van der Waals surface area (Å²) in [6, 6.07) is 21.1. The number of urea groups is 1. The van der Waals surface area contributed by atoms with Gasteiger partial charge in [0.2, 0.25) is 0 Å². The first-order chi connectivity index (χ1) is 16.4. The van der Waals surface area contributed by atoms with Gasteiger partial charge >= 0.3 is 12.0 Å². The quantitative estimate of drug-likeness (QED) is 0.392. The van der Waals surface area contributed by atoms with E-state index in [0.29, 0.717) is 12.1 Å². The van der Waals surface area contributed by atoms with Gasteiger partial charge in [-0.15, -0.1) is 0 Å². The van der Waals surface area contributed by atoms with E-state index < -0.39 is 27.6 Å². The minimum atomic E-state index is -3.94. The molecular weight excluding hydrogens is 466 g/mol. The Hall–Kier alpha value is -3.85. The van der Waals surface area contributed by atoms with E-state index in [2.05, 4.69) is 10.0 Å². The maximum absolute atomic E-state index is 13.0. The van der Waals surface area contributed by atoms with Crippen molar-refractivity contribution in [1.29, 1.82) is 0 Å². The Morgan fingerprint density at radius 2 is 1.57 bits per heavy atom. The topological polar surface area (TPSA) is 128 Å². The first-order valence-corrected chi connectivity index (χ1v) is 12.5. The predicted octanol–water partition coefficient (Wildman–Crippen LogP) is 4.65. The van der Waals surface area contributed by atoms with Crippen LogP contribution in [-0.4, -0.2) is 26.0 Å². The summed E-state index contributed by atoms with van der Waals surface area (Å²) in [5, 5.41) is 2.36. The molecule has 3 rings (SSSR count). The number of amides is 2. The molecule has 0 fully saturated rings. The van der Waals surface area contributed by atoms with Crippen molar-refractivity contribution in [3.8, 4) is 0 Å². The van der Waals surface area contributed by atoms with Gasteiger partial charge in [0.1, 0.15) is 5.60 Å². The summed E-state index contributed by atoms with van der Waals surface area (Å²) < 4.78 is 34.1. The zero-order chi connectivity index (χ0) is 25.6. The Balaban J connectivity index is 1.84. The maximum atomic E-state index is 13.0. The molecule has 0 aliphatic carbocycles. The molecule has 0 spiro atoms. The smallest absolute Gasteiger partial charge is 0.316 e. The van der Waals surface area contributed by atoms with Crippen LogP contribution >= 0.6 is 0 Å². The van der Waals surface area contributed by atoms with Crippen LogP contribution in [0.15, 0.2) is 83.8 Å². The Bertz CT molecular complexity index is 1300. The van der Waals surface area contributed by atoms with Gasteiger partial charge in [-0.25, -0.2) is 13.2 Å². The van der Waals surface area contributed by atoms with E-state index in [1.54, 1.807) is 18.2 Å². The highest BCUT2D eigenvalue weighted by Gasteiger charge is 2.27. The van der Waals surface area contributed by atoms with E-state index in [4.69, 9.17) is 10.5 Å². The van der Waals surface area contributed by atoms with Crippen LogP contribution in [0.5, 0.6) is 0 Å². The Kier molecular flexibility index (Phi) is 7.81. The normalized spacial score (nSPS) is 12.4. The molecule has 0 aromatic heterocycles. The summed E-state index contributed by atoms with van der Waals surface area (Å²) in [4.78, 5) is 24.0. The molecule has 35 heavy (non-hydrogen) atoms. The lowest BCUT2D eigenvalue weighted by Crippen LogP contribution is -2.28. The standard InChI is InChI=1S/C26H29N3O5S/c1-26(2,3)34-24(30)23(19-10-5-4-6-11-19)16-18-9-7-13-21(15-18)29-35(32,33)22-14-8-12-20(17-22)28-25(27)31/h4-15,17,23,29H,16H2,1-3H3,(H3,27,28,31). The van der Waals surface area contributed by atoms with Gasteiger partial charge in [0, 0.05) is 11.4 Å². The number of hydrogen-bond acceptors (Lipinski definition) is 5. The number of anilines is 2. The second kappa shape index (κ2) is 10.6. The van der Waals surface area contributed by atoms with Gasteiger partial charge in [-0.2, -0.15) is 0 Å². The monoisotopic (exact) mass is 495 g/mol. The molecule has 1 unspecified atom stereocenters. The van der Waals surface area contributed by atoms with Crippen molar-refractivity contribution < 1.29 is 22.7 Å². The van der Waals surface area contributed by atoms with Crippen molar-refractivity contribution >= 4 is 33.4 Å². The Morgan fingerprint density at radius 1 is 0.914 bits per heavy atom. The van der Waals surface area contributed by atoms with Crippen molar-refractivity contribution in [1.82, 2.24) is 0 Å². The fourth-order valence-electron chi connectivity index (χ4n) is 3.49. The van der Waals surface area contributed by atoms with Crippen LogP contribution < -0.4 is 15.8 Å². The molecule has 0 bridgehead atoms. The van der Waals surface area contributed by atoms with Crippen LogP contribution in [0.3, 0.4) is 0 Å². The summed E-state index contributed by atoms with van der Waals surface area (Å²) >= 11 is 0. The van der Waals surface area contributed by atoms with E-state index in [1.165, 1.54) is 24.3 Å². The lowest BCUT2D eigenvalue weighted by Gasteiger charge is -2.24. The minimum Gasteiger partial charge on any atom is -0.459 e. The van der Waals surface area contributed by atoms with Crippen molar-refractivity contribution in [3.63, 3.8) is 0 Å². The zero-order valence-corrected chi connectivity index (χ0v) is 20.6. The average Bonchev–Trinajstić information content (AvgIpc) is 2.76. The van der Waals surface area contributed by atoms with Gasteiger partial charge in [-0.3, -0.25) is 9.52 Å². The van der Waals surface area contributed by atoms with E-state index in [0.717, 1.165) is 11.1 Å². The lowest BCUT2D eigenvalue weighted by molar-refractivity contribution is -0.156. The Morgan fingerprint density at radius 3 is 2.23 bits per heavy atom. The van der Waals surface area contributed by atoms with E-state index >= 15 is 0 Å². The highest BCUT2D eigenvalue weighted by atomic mass is 32.2. The fraction of sp³-hybridized carbons (Fsp3) is 0.231. The lowest BCUT2D eigenvalue weighted by atomic mass is 9.91. The highest BCUT2D eigenvalue weighted by Crippen LogP contribution is 2.27. The number of nitrogens with one attached hydrogen (secondary N) is 2. The number of primary amides is 1. The average molecular weight is 496 g/mol. The van der Waals surface area contributed by atoms with Gasteiger partial charge in [0.25, 0.3) is 10.0 Å². The number of rotatable bonds is 8.